The maximum Gasteiger partial charge on any atom is 0.0761 e. The number of rotatable bonds is 4. The molecule has 1 aromatic rings. The highest BCUT2D eigenvalue weighted by Crippen LogP contribution is 2.21. The van der Waals surface area contributed by atoms with Crippen LogP contribution in [0.3, 0.4) is 0 Å². The maximum absolute atomic E-state index is 9.49. The van der Waals surface area contributed by atoms with E-state index < -0.39 is 0 Å². The van der Waals surface area contributed by atoms with E-state index in [0.29, 0.717) is 0 Å². The molecule has 1 aliphatic heterocycles. The second kappa shape index (κ2) is 5.72. The first-order valence-corrected chi connectivity index (χ1v) is 6.74. The van der Waals surface area contributed by atoms with Crippen molar-refractivity contribution < 1.29 is 5.11 Å². The van der Waals surface area contributed by atoms with Crippen molar-refractivity contribution in [3.63, 3.8) is 0 Å². The van der Waals surface area contributed by atoms with Crippen LogP contribution in [0.25, 0.3) is 0 Å². The van der Waals surface area contributed by atoms with Crippen LogP contribution < -0.4 is 4.90 Å². The molecule has 2 atom stereocenters. The maximum atomic E-state index is 9.49. The molecule has 18 heavy (non-hydrogen) atoms. The average Bonchev–Trinajstić information content (AvgIpc) is 2.75. The van der Waals surface area contributed by atoms with Crippen LogP contribution in [-0.2, 0) is 0 Å². The van der Waals surface area contributed by atoms with Gasteiger partial charge in [0.2, 0.25) is 0 Å². The number of anilines is 1. The average molecular weight is 248 g/mol. The minimum absolute atomic E-state index is 0.382. The fraction of sp³-hybridized carbons (Fsp3) is 0.600. The molecule has 0 aliphatic carbocycles. The van der Waals surface area contributed by atoms with E-state index in [9.17, 15) is 5.11 Å². The van der Waals surface area contributed by atoms with Crippen molar-refractivity contribution in [2.45, 2.75) is 19.4 Å². The number of aliphatic hydroxyl groups excluding tert-OH is 1. The van der Waals surface area contributed by atoms with Crippen molar-refractivity contribution in [1.82, 2.24) is 4.90 Å². The summed E-state index contributed by atoms with van der Waals surface area (Å²) in [6.45, 7) is 5.33. The molecule has 1 heterocycles. The molecule has 2 unspecified atom stereocenters. The van der Waals surface area contributed by atoms with Crippen LogP contribution in [0.15, 0.2) is 24.3 Å². The Hall–Kier alpha value is -1.06. The fourth-order valence-electron chi connectivity index (χ4n) is 2.68. The lowest BCUT2D eigenvalue weighted by atomic mass is 10.1. The molecule has 0 aromatic heterocycles. The topological polar surface area (TPSA) is 26.7 Å². The normalized spacial score (nSPS) is 22.1. The van der Waals surface area contributed by atoms with Crippen LogP contribution in [0.2, 0.25) is 0 Å². The Morgan fingerprint density at radius 1 is 1.39 bits per heavy atom. The Labute approximate surface area is 110 Å². The quantitative estimate of drug-likeness (QED) is 0.884. The first kappa shape index (κ1) is 13.4. The van der Waals surface area contributed by atoms with Gasteiger partial charge in [-0.2, -0.15) is 0 Å². The summed E-state index contributed by atoms with van der Waals surface area (Å²) in [6, 6.07) is 8.22. The standard InChI is InChI=1S/C15H24N2O/c1-12(18)14-4-6-15(7-5-14)17(3)11-13-8-9-16(2)10-13/h4-7,12-13,18H,8-11H2,1-3H3. The number of nitrogens with zero attached hydrogens (tertiary/aromatic N) is 2. The summed E-state index contributed by atoms with van der Waals surface area (Å²) in [4.78, 5) is 4.71. The lowest BCUT2D eigenvalue weighted by Gasteiger charge is -2.23. The molecule has 0 amide bonds. The van der Waals surface area contributed by atoms with E-state index in [2.05, 4.69) is 36.0 Å². The molecule has 1 N–H and O–H groups in total. The number of aliphatic hydroxyl groups is 1. The summed E-state index contributed by atoms with van der Waals surface area (Å²) in [5.74, 6) is 0.774. The fourth-order valence-corrected chi connectivity index (χ4v) is 2.68. The van der Waals surface area contributed by atoms with Gasteiger partial charge in [-0.3, -0.25) is 0 Å². The molecule has 100 valence electrons. The van der Waals surface area contributed by atoms with Crippen LogP contribution >= 0.6 is 0 Å². The van der Waals surface area contributed by atoms with Crippen molar-refractivity contribution in [2.24, 2.45) is 5.92 Å². The summed E-state index contributed by atoms with van der Waals surface area (Å²) in [5.41, 5.74) is 2.21. The smallest absolute Gasteiger partial charge is 0.0761 e. The van der Waals surface area contributed by atoms with Gasteiger partial charge >= 0.3 is 0 Å². The highest BCUT2D eigenvalue weighted by atomic mass is 16.3. The molecule has 0 spiro atoms. The van der Waals surface area contributed by atoms with Gasteiger partial charge in [-0.25, -0.2) is 0 Å². The number of benzene rings is 1. The molecule has 1 aliphatic rings. The zero-order valence-electron chi connectivity index (χ0n) is 11.6. The van der Waals surface area contributed by atoms with Gasteiger partial charge in [-0.15, -0.1) is 0 Å². The number of hydrogen-bond acceptors (Lipinski definition) is 3. The Kier molecular flexibility index (Phi) is 4.25. The molecule has 1 saturated heterocycles. The van der Waals surface area contributed by atoms with E-state index in [-0.39, 0.29) is 6.10 Å². The SMILES string of the molecule is CC(O)c1ccc(N(C)CC2CCN(C)C2)cc1. The summed E-state index contributed by atoms with van der Waals surface area (Å²) >= 11 is 0. The van der Waals surface area contributed by atoms with E-state index in [1.54, 1.807) is 6.92 Å². The van der Waals surface area contributed by atoms with Crippen molar-refractivity contribution in [1.29, 1.82) is 0 Å². The third-order valence-corrected chi connectivity index (χ3v) is 3.84. The first-order valence-electron chi connectivity index (χ1n) is 6.74. The van der Waals surface area contributed by atoms with Gasteiger partial charge in [-0.05, 0) is 50.6 Å². The molecule has 3 nitrogen and oxygen atoms in total. The van der Waals surface area contributed by atoms with Gasteiger partial charge in [0, 0.05) is 25.8 Å². The summed E-state index contributed by atoms with van der Waals surface area (Å²) in [6.07, 6.45) is 0.917. The van der Waals surface area contributed by atoms with Gasteiger partial charge in [0.15, 0.2) is 0 Å². The zero-order chi connectivity index (χ0) is 13.1. The Balaban J connectivity index is 1.94. The Morgan fingerprint density at radius 2 is 2.06 bits per heavy atom. The minimum Gasteiger partial charge on any atom is -0.389 e. The van der Waals surface area contributed by atoms with Crippen molar-refractivity contribution in [3.05, 3.63) is 29.8 Å². The predicted molar refractivity (Wildman–Crippen MR) is 75.9 cm³/mol. The van der Waals surface area contributed by atoms with E-state index in [0.717, 1.165) is 18.0 Å². The minimum atomic E-state index is -0.382. The highest BCUT2D eigenvalue weighted by Gasteiger charge is 2.20. The summed E-state index contributed by atoms with van der Waals surface area (Å²) < 4.78 is 0. The second-order valence-electron chi connectivity index (χ2n) is 5.56. The predicted octanol–water partition coefficient (Wildman–Crippen LogP) is 2.13. The third-order valence-electron chi connectivity index (χ3n) is 3.84. The van der Waals surface area contributed by atoms with E-state index >= 15 is 0 Å². The van der Waals surface area contributed by atoms with Crippen molar-refractivity contribution in [3.8, 4) is 0 Å². The summed E-state index contributed by atoms with van der Waals surface area (Å²) in [5, 5.41) is 9.49. The van der Waals surface area contributed by atoms with Crippen LogP contribution in [0.1, 0.15) is 25.0 Å². The van der Waals surface area contributed by atoms with Crippen LogP contribution in [-0.4, -0.2) is 43.7 Å². The first-order chi connectivity index (χ1) is 8.56. The van der Waals surface area contributed by atoms with E-state index in [4.69, 9.17) is 0 Å². The second-order valence-corrected chi connectivity index (χ2v) is 5.56. The highest BCUT2D eigenvalue weighted by molar-refractivity contribution is 5.47. The lowest BCUT2D eigenvalue weighted by molar-refractivity contribution is 0.199. The zero-order valence-corrected chi connectivity index (χ0v) is 11.6. The van der Waals surface area contributed by atoms with Gasteiger partial charge in [0.05, 0.1) is 6.10 Å². The van der Waals surface area contributed by atoms with Crippen LogP contribution in [0.4, 0.5) is 5.69 Å². The van der Waals surface area contributed by atoms with Crippen molar-refractivity contribution in [2.75, 3.05) is 38.6 Å². The van der Waals surface area contributed by atoms with Crippen molar-refractivity contribution >= 4 is 5.69 Å². The molecular formula is C15H24N2O. The van der Waals surface area contributed by atoms with Gasteiger partial charge < -0.3 is 14.9 Å². The molecule has 2 rings (SSSR count). The molecule has 1 fully saturated rings. The van der Waals surface area contributed by atoms with Gasteiger partial charge in [0.1, 0.15) is 0 Å². The molecular weight excluding hydrogens is 224 g/mol. The number of hydrogen-bond donors (Lipinski definition) is 1. The Bertz CT molecular complexity index is 375. The van der Waals surface area contributed by atoms with E-state index in [1.807, 2.05) is 12.1 Å². The van der Waals surface area contributed by atoms with Gasteiger partial charge in [-0.1, -0.05) is 12.1 Å². The largest absolute Gasteiger partial charge is 0.389 e. The number of likely N-dealkylation sites (tertiary alicyclic amines) is 1. The third kappa shape index (κ3) is 3.24. The molecule has 0 saturated carbocycles. The van der Waals surface area contributed by atoms with E-state index in [1.165, 1.54) is 25.2 Å². The molecule has 0 bridgehead atoms. The molecule has 1 aromatic carbocycles. The van der Waals surface area contributed by atoms with Crippen LogP contribution in [0.5, 0.6) is 0 Å². The Morgan fingerprint density at radius 3 is 2.56 bits per heavy atom. The molecule has 3 heteroatoms. The lowest BCUT2D eigenvalue weighted by Crippen LogP contribution is -2.27. The van der Waals surface area contributed by atoms with Crippen LogP contribution in [0, 0.1) is 5.92 Å². The monoisotopic (exact) mass is 248 g/mol. The molecule has 0 radical (unpaired) electrons. The summed E-state index contributed by atoms with van der Waals surface area (Å²) in [7, 11) is 4.34. The van der Waals surface area contributed by atoms with Gasteiger partial charge in [0.25, 0.3) is 0 Å².